The van der Waals surface area contributed by atoms with Crippen LogP contribution in [0.15, 0.2) is 53.7 Å². The molecule has 0 spiro atoms. The Morgan fingerprint density at radius 3 is 2.54 bits per heavy atom. The second kappa shape index (κ2) is 6.69. The van der Waals surface area contributed by atoms with Gasteiger partial charge >= 0.3 is 0 Å². The molecule has 3 N–H and O–H groups in total. The molecule has 2 aliphatic carbocycles. The van der Waals surface area contributed by atoms with E-state index in [0.717, 1.165) is 24.8 Å². The van der Waals surface area contributed by atoms with E-state index in [0.29, 0.717) is 5.69 Å². The smallest absolute Gasteiger partial charge is 0.242 e. The van der Waals surface area contributed by atoms with E-state index >= 15 is 0 Å². The molecule has 2 aliphatic rings. The molecule has 0 aliphatic heterocycles. The summed E-state index contributed by atoms with van der Waals surface area (Å²) in [5, 5.41) is 0. The zero-order valence-corrected chi connectivity index (χ0v) is 14.9. The fraction of sp³-hybridized carbons (Fsp3) is 0.333. The first-order valence-corrected chi connectivity index (χ1v) is 10.1. The van der Waals surface area contributed by atoms with Crippen molar-refractivity contribution in [3.05, 3.63) is 54.4 Å². The molecule has 0 saturated heterocycles. The van der Waals surface area contributed by atoms with Crippen LogP contribution in [0.5, 0.6) is 0 Å². The normalized spacial score (nSPS) is 21.8. The number of rotatable bonds is 7. The van der Waals surface area contributed by atoms with Gasteiger partial charge in [0, 0.05) is 24.4 Å². The molecule has 2 unspecified atom stereocenters. The van der Waals surface area contributed by atoms with Crippen LogP contribution in [0.1, 0.15) is 30.7 Å². The first-order chi connectivity index (χ1) is 12.5. The number of pyridine rings is 1. The zero-order chi connectivity index (χ0) is 18.1. The molecule has 1 heterocycles. The number of hydrogen-bond donors (Lipinski definition) is 3. The number of hydrogen-bond acceptors (Lipinski definition) is 5. The predicted molar refractivity (Wildman–Crippen MR) is 96.6 cm³/mol. The average molecular weight is 372 g/mol. The van der Waals surface area contributed by atoms with E-state index in [1.165, 1.54) is 12.1 Å². The Kier molecular flexibility index (Phi) is 4.37. The molecule has 0 radical (unpaired) electrons. The summed E-state index contributed by atoms with van der Waals surface area (Å²) in [5.41, 5.74) is 7.23. The topological polar surface area (TPSA) is 100 Å². The van der Waals surface area contributed by atoms with E-state index < -0.39 is 10.0 Å². The lowest BCUT2D eigenvalue weighted by Crippen LogP contribution is -2.31. The number of sulfonamides is 1. The summed E-state index contributed by atoms with van der Waals surface area (Å²) in [5.74, 6) is 0.0755. The summed E-state index contributed by atoms with van der Waals surface area (Å²) >= 11 is 0. The van der Waals surface area contributed by atoms with Gasteiger partial charge < -0.3 is 0 Å². The van der Waals surface area contributed by atoms with Gasteiger partial charge in [-0.05, 0) is 61.1 Å². The maximum absolute atomic E-state index is 12.2. The van der Waals surface area contributed by atoms with Gasteiger partial charge in [0.15, 0.2) is 0 Å². The molecule has 136 valence electrons. The molecular formula is C18H20N4O3S. The molecule has 26 heavy (non-hydrogen) atoms. The third-order valence-corrected chi connectivity index (χ3v) is 6.17. The molecule has 2 aromatic rings. The number of hydrazine groups is 1. The van der Waals surface area contributed by atoms with Crippen molar-refractivity contribution in [1.82, 2.24) is 15.1 Å². The van der Waals surface area contributed by atoms with E-state index in [2.05, 4.69) is 20.6 Å². The third-order valence-electron chi connectivity index (χ3n) is 4.63. The largest absolute Gasteiger partial charge is 0.299 e. The van der Waals surface area contributed by atoms with Crippen LogP contribution in [0.25, 0.3) is 0 Å². The van der Waals surface area contributed by atoms with Gasteiger partial charge in [0.1, 0.15) is 0 Å². The number of carbonyl (C=O) groups excluding carboxylic acids is 1. The Morgan fingerprint density at radius 2 is 1.88 bits per heavy atom. The van der Waals surface area contributed by atoms with E-state index in [1.54, 1.807) is 24.5 Å². The zero-order valence-electron chi connectivity index (χ0n) is 14.1. The summed E-state index contributed by atoms with van der Waals surface area (Å²) in [4.78, 5) is 16.5. The molecule has 1 amide bonds. The number of benzene rings is 1. The van der Waals surface area contributed by atoms with Gasteiger partial charge in [-0.15, -0.1) is 0 Å². The number of nitrogens with zero attached hydrogens (tertiary/aromatic N) is 1. The van der Waals surface area contributed by atoms with Gasteiger partial charge in [-0.2, -0.15) is 0 Å². The number of anilines is 1. The molecule has 1 aromatic heterocycles. The van der Waals surface area contributed by atoms with Gasteiger partial charge in [-0.1, -0.05) is 6.07 Å². The second-order valence-electron chi connectivity index (χ2n) is 6.77. The minimum atomic E-state index is -3.46. The molecule has 8 heteroatoms. The summed E-state index contributed by atoms with van der Waals surface area (Å²) in [6, 6.07) is 10.2. The lowest BCUT2D eigenvalue weighted by molar-refractivity contribution is -0.121. The van der Waals surface area contributed by atoms with E-state index in [-0.39, 0.29) is 28.7 Å². The maximum atomic E-state index is 12.2. The Balaban J connectivity index is 1.30. The Morgan fingerprint density at radius 1 is 1.12 bits per heavy atom. The van der Waals surface area contributed by atoms with Gasteiger partial charge in [0.2, 0.25) is 15.9 Å². The summed E-state index contributed by atoms with van der Waals surface area (Å²) in [7, 11) is -3.46. The van der Waals surface area contributed by atoms with Crippen molar-refractivity contribution in [2.24, 2.45) is 5.92 Å². The number of aromatic nitrogens is 1. The SMILES string of the molecule is O=C(NNc1ccc(S(=O)(=O)NC2CC2)cc1)C1CC1c1cccnc1. The quantitative estimate of drug-likeness (QED) is 0.643. The Labute approximate surface area is 152 Å². The van der Waals surface area contributed by atoms with Crippen LogP contribution in [0.4, 0.5) is 5.69 Å². The van der Waals surface area contributed by atoms with Crippen LogP contribution in [-0.4, -0.2) is 25.4 Å². The van der Waals surface area contributed by atoms with E-state index in [1.807, 2.05) is 12.1 Å². The van der Waals surface area contributed by atoms with Gasteiger partial charge in [0.05, 0.1) is 10.6 Å². The van der Waals surface area contributed by atoms with Crippen LogP contribution in [-0.2, 0) is 14.8 Å². The highest BCUT2D eigenvalue weighted by molar-refractivity contribution is 7.89. The van der Waals surface area contributed by atoms with Crippen LogP contribution >= 0.6 is 0 Å². The van der Waals surface area contributed by atoms with Gasteiger partial charge in [0.25, 0.3) is 0 Å². The van der Waals surface area contributed by atoms with Crippen molar-refractivity contribution >= 4 is 21.6 Å². The standard InChI is InChI=1S/C18H20N4O3S/c23-18(17-10-16(17)12-2-1-9-19-11-12)21-20-13-5-7-15(8-6-13)26(24,25)22-14-3-4-14/h1-2,5-9,11,14,16-17,20,22H,3-4,10H2,(H,21,23). The first-order valence-electron chi connectivity index (χ1n) is 8.61. The van der Waals surface area contributed by atoms with Gasteiger partial charge in [-0.3, -0.25) is 20.6 Å². The summed E-state index contributed by atoms with van der Waals surface area (Å²) < 4.78 is 26.9. The van der Waals surface area contributed by atoms with Crippen molar-refractivity contribution < 1.29 is 13.2 Å². The van der Waals surface area contributed by atoms with Crippen LogP contribution in [0.2, 0.25) is 0 Å². The van der Waals surface area contributed by atoms with E-state index in [9.17, 15) is 13.2 Å². The highest BCUT2D eigenvalue weighted by Gasteiger charge is 2.44. The third kappa shape index (κ3) is 3.86. The van der Waals surface area contributed by atoms with Crippen molar-refractivity contribution in [3.8, 4) is 0 Å². The average Bonchev–Trinajstić information content (AvgIpc) is 3.55. The predicted octanol–water partition coefficient (Wildman–Crippen LogP) is 1.77. The minimum Gasteiger partial charge on any atom is -0.299 e. The Bertz CT molecular complexity index is 896. The molecule has 0 bridgehead atoms. The molecular weight excluding hydrogens is 352 g/mol. The molecule has 2 saturated carbocycles. The fourth-order valence-electron chi connectivity index (χ4n) is 2.88. The number of carbonyl (C=O) groups is 1. The summed E-state index contributed by atoms with van der Waals surface area (Å²) in [6.45, 7) is 0. The van der Waals surface area contributed by atoms with Crippen LogP contribution < -0.4 is 15.6 Å². The second-order valence-corrected chi connectivity index (χ2v) is 8.48. The lowest BCUT2D eigenvalue weighted by Gasteiger charge is -2.10. The number of nitrogens with one attached hydrogen (secondary N) is 3. The Hall–Kier alpha value is -2.45. The van der Waals surface area contributed by atoms with Gasteiger partial charge in [-0.25, -0.2) is 13.1 Å². The summed E-state index contributed by atoms with van der Waals surface area (Å²) in [6.07, 6.45) is 6.11. The van der Waals surface area contributed by atoms with Crippen molar-refractivity contribution in [1.29, 1.82) is 0 Å². The van der Waals surface area contributed by atoms with E-state index in [4.69, 9.17) is 0 Å². The van der Waals surface area contributed by atoms with Crippen LogP contribution in [0, 0.1) is 5.92 Å². The highest BCUT2D eigenvalue weighted by Crippen LogP contribution is 2.47. The maximum Gasteiger partial charge on any atom is 0.242 e. The monoisotopic (exact) mass is 372 g/mol. The van der Waals surface area contributed by atoms with Crippen molar-refractivity contribution in [2.75, 3.05) is 5.43 Å². The molecule has 7 nitrogen and oxygen atoms in total. The highest BCUT2D eigenvalue weighted by atomic mass is 32.2. The minimum absolute atomic E-state index is 0.0610. The molecule has 1 aromatic carbocycles. The van der Waals surface area contributed by atoms with Crippen molar-refractivity contribution in [2.45, 2.75) is 36.1 Å². The lowest BCUT2D eigenvalue weighted by atomic mass is 10.1. The number of amides is 1. The first kappa shape index (κ1) is 17.0. The van der Waals surface area contributed by atoms with Crippen molar-refractivity contribution in [3.63, 3.8) is 0 Å². The molecule has 2 fully saturated rings. The molecule has 4 rings (SSSR count). The van der Waals surface area contributed by atoms with Crippen LogP contribution in [0.3, 0.4) is 0 Å². The fourth-order valence-corrected chi connectivity index (χ4v) is 4.19. The molecule has 2 atom stereocenters.